The van der Waals surface area contributed by atoms with Crippen molar-refractivity contribution in [1.29, 1.82) is 0 Å². The van der Waals surface area contributed by atoms with Gasteiger partial charge in [0.25, 0.3) is 0 Å². The van der Waals surface area contributed by atoms with Crippen molar-refractivity contribution in [2.24, 2.45) is 0 Å². The summed E-state index contributed by atoms with van der Waals surface area (Å²) < 4.78 is 41.5. The zero-order valence-corrected chi connectivity index (χ0v) is 10.7. The fourth-order valence-electron chi connectivity index (χ4n) is 3.25. The summed E-state index contributed by atoms with van der Waals surface area (Å²) in [6, 6.07) is 6.15. The molecular weight excluding hydrogens is 271 g/mol. The van der Waals surface area contributed by atoms with Crippen molar-refractivity contribution in [3.8, 4) is 5.75 Å². The minimum Gasteiger partial charge on any atom is -0.404 e. The zero-order valence-electron chi connectivity index (χ0n) is 10.7. The molecule has 2 atom stereocenters. The Bertz CT molecular complexity index is 513. The Morgan fingerprint density at radius 1 is 1.10 bits per heavy atom. The van der Waals surface area contributed by atoms with E-state index < -0.39 is 6.36 Å². The first kappa shape index (κ1) is 13.3. The molecule has 0 aliphatic carbocycles. The number of rotatable bonds is 2. The minimum absolute atomic E-state index is 0.000710. The third-order valence-corrected chi connectivity index (χ3v) is 3.92. The van der Waals surface area contributed by atoms with Gasteiger partial charge in [-0.25, -0.2) is 0 Å². The van der Waals surface area contributed by atoms with Gasteiger partial charge in [0.05, 0.1) is 5.69 Å². The second-order valence-electron chi connectivity index (χ2n) is 5.25. The van der Waals surface area contributed by atoms with Crippen LogP contribution in [0.1, 0.15) is 25.7 Å². The molecule has 2 aliphatic heterocycles. The average molecular weight is 285 g/mol. The first-order valence-corrected chi connectivity index (χ1v) is 6.59. The topological polar surface area (TPSA) is 29.5 Å². The second kappa shape index (κ2) is 4.68. The molecule has 3 nitrogen and oxygen atoms in total. The fraction of sp³-hybridized carbons (Fsp3) is 0.500. The number of fused-ring (bicyclic) bond motifs is 2. The van der Waals surface area contributed by atoms with Gasteiger partial charge >= 0.3 is 6.36 Å². The number of hydrogen-bond acceptors (Lipinski definition) is 3. The van der Waals surface area contributed by atoms with Crippen molar-refractivity contribution in [1.82, 2.24) is 0 Å². The molecule has 108 valence electrons. The monoisotopic (exact) mass is 285 g/mol. The normalized spacial score (nSPS) is 25.9. The van der Waals surface area contributed by atoms with E-state index in [2.05, 4.69) is 4.74 Å². The van der Waals surface area contributed by atoms with Gasteiger partial charge in [0, 0.05) is 24.9 Å². The number of halogens is 3. The molecule has 0 aromatic heterocycles. The molecule has 2 fully saturated rings. The molecule has 0 saturated carbocycles. The Kier molecular flexibility index (Phi) is 3.11. The van der Waals surface area contributed by atoms with Crippen LogP contribution in [0.5, 0.6) is 5.75 Å². The molecule has 0 spiro atoms. The number of Topliss-reactive ketones (excluding diaryl/α,β-unsaturated/α-hetero) is 1. The van der Waals surface area contributed by atoms with Crippen LogP contribution in [-0.2, 0) is 4.79 Å². The maximum Gasteiger partial charge on any atom is 0.573 e. The lowest BCUT2D eigenvalue weighted by Gasteiger charge is -2.36. The Morgan fingerprint density at radius 3 is 2.30 bits per heavy atom. The van der Waals surface area contributed by atoms with Crippen LogP contribution in [0.3, 0.4) is 0 Å². The van der Waals surface area contributed by atoms with E-state index in [1.165, 1.54) is 12.1 Å². The minimum atomic E-state index is -4.71. The van der Waals surface area contributed by atoms with Gasteiger partial charge in [0.2, 0.25) is 0 Å². The summed E-state index contributed by atoms with van der Waals surface area (Å²) in [6.45, 7) is 0. The predicted octanol–water partition coefficient (Wildman–Crippen LogP) is 3.29. The van der Waals surface area contributed by atoms with E-state index in [-0.39, 0.29) is 23.6 Å². The van der Waals surface area contributed by atoms with Gasteiger partial charge in [-0.3, -0.25) is 4.79 Å². The maximum absolute atomic E-state index is 12.5. The van der Waals surface area contributed by atoms with Gasteiger partial charge in [-0.15, -0.1) is 13.2 Å². The summed E-state index contributed by atoms with van der Waals surface area (Å²) in [5, 5.41) is 0. The molecule has 0 N–H and O–H groups in total. The van der Waals surface area contributed by atoms with E-state index in [0.717, 1.165) is 12.8 Å². The van der Waals surface area contributed by atoms with E-state index in [0.29, 0.717) is 18.5 Å². The van der Waals surface area contributed by atoms with Crippen LogP contribution in [0.25, 0.3) is 0 Å². The number of carbonyl (C=O) groups excluding carboxylic acids is 1. The standard InChI is InChI=1S/C14H14F3NO2/c15-14(16,17)20-13-4-2-1-3-12(13)18-9-5-6-10(18)8-11(19)7-9/h1-4,9-10H,5-8H2. The lowest BCUT2D eigenvalue weighted by Crippen LogP contribution is -2.43. The van der Waals surface area contributed by atoms with E-state index in [4.69, 9.17) is 0 Å². The summed E-state index contributed by atoms with van der Waals surface area (Å²) in [7, 11) is 0. The summed E-state index contributed by atoms with van der Waals surface area (Å²) in [4.78, 5) is 13.5. The number of piperidine rings is 1. The van der Waals surface area contributed by atoms with Crippen molar-refractivity contribution in [3.05, 3.63) is 24.3 Å². The largest absolute Gasteiger partial charge is 0.573 e. The van der Waals surface area contributed by atoms with Crippen molar-refractivity contribution in [2.45, 2.75) is 44.1 Å². The number of para-hydroxylation sites is 2. The smallest absolute Gasteiger partial charge is 0.404 e. The molecular formula is C14H14F3NO2. The molecule has 2 aliphatic rings. The molecule has 20 heavy (non-hydrogen) atoms. The number of benzene rings is 1. The van der Waals surface area contributed by atoms with Crippen molar-refractivity contribution in [3.63, 3.8) is 0 Å². The fourth-order valence-corrected chi connectivity index (χ4v) is 3.25. The maximum atomic E-state index is 12.5. The molecule has 1 aromatic rings. The average Bonchev–Trinajstić information content (AvgIpc) is 2.61. The number of ether oxygens (including phenoxy) is 1. The van der Waals surface area contributed by atoms with E-state index in [1.54, 1.807) is 12.1 Å². The summed E-state index contributed by atoms with van der Waals surface area (Å²) in [5.41, 5.74) is 0.435. The summed E-state index contributed by atoms with van der Waals surface area (Å²) in [6.07, 6.45) is -2.19. The summed E-state index contributed by atoms with van der Waals surface area (Å²) in [5.74, 6) is 0.00854. The highest BCUT2D eigenvalue weighted by Gasteiger charge is 2.42. The molecule has 2 heterocycles. The van der Waals surface area contributed by atoms with Crippen LogP contribution in [0.2, 0.25) is 0 Å². The van der Waals surface area contributed by atoms with Crippen LogP contribution in [0.15, 0.2) is 24.3 Å². The first-order valence-electron chi connectivity index (χ1n) is 6.59. The molecule has 1 aromatic carbocycles. The lowest BCUT2D eigenvalue weighted by molar-refractivity contribution is -0.274. The number of alkyl halides is 3. The SMILES string of the molecule is O=C1CC2CCC(C1)N2c1ccccc1OC(F)(F)F. The highest BCUT2D eigenvalue weighted by atomic mass is 19.4. The van der Waals surface area contributed by atoms with Gasteiger partial charge in [-0.05, 0) is 25.0 Å². The van der Waals surface area contributed by atoms with Crippen LogP contribution in [0, 0.1) is 0 Å². The number of nitrogens with zero attached hydrogens (tertiary/aromatic N) is 1. The van der Waals surface area contributed by atoms with Gasteiger partial charge in [0.15, 0.2) is 5.75 Å². The molecule has 0 radical (unpaired) electrons. The van der Waals surface area contributed by atoms with Gasteiger partial charge in [0.1, 0.15) is 5.78 Å². The number of hydrogen-bond donors (Lipinski definition) is 0. The second-order valence-corrected chi connectivity index (χ2v) is 5.25. The van der Waals surface area contributed by atoms with Crippen molar-refractivity contribution in [2.75, 3.05) is 4.90 Å². The molecule has 3 rings (SSSR count). The number of anilines is 1. The van der Waals surface area contributed by atoms with Crippen molar-refractivity contribution >= 4 is 11.5 Å². The predicted molar refractivity (Wildman–Crippen MR) is 66.7 cm³/mol. The van der Waals surface area contributed by atoms with Crippen LogP contribution < -0.4 is 9.64 Å². The highest BCUT2D eigenvalue weighted by molar-refractivity contribution is 5.83. The van der Waals surface area contributed by atoms with Gasteiger partial charge in [-0.1, -0.05) is 12.1 Å². The molecule has 2 saturated heterocycles. The molecule has 2 bridgehead atoms. The Hall–Kier alpha value is -1.72. The Morgan fingerprint density at radius 2 is 1.70 bits per heavy atom. The summed E-state index contributed by atoms with van der Waals surface area (Å²) >= 11 is 0. The molecule has 6 heteroatoms. The number of carbonyl (C=O) groups is 1. The van der Waals surface area contributed by atoms with E-state index in [9.17, 15) is 18.0 Å². The Balaban J connectivity index is 1.93. The van der Waals surface area contributed by atoms with E-state index >= 15 is 0 Å². The number of ketones is 1. The zero-order chi connectivity index (χ0) is 14.3. The van der Waals surface area contributed by atoms with Crippen LogP contribution in [-0.4, -0.2) is 24.2 Å². The quantitative estimate of drug-likeness (QED) is 0.835. The first-order chi connectivity index (χ1) is 9.44. The third-order valence-electron chi connectivity index (χ3n) is 3.92. The lowest BCUT2D eigenvalue weighted by atomic mass is 10.0. The van der Waals surface area contributed by atoms with E-state index in [1.807, 2.05) is 4.90 Å². The van der Waals surface area contributed by atoms with Gasteiger partial charge < -0.3 is 9.64 Å². The van der Waals surface area contributed by atoms with Crippen LogP contribution >= 0.6 is 0 Å². The van der Waals surface area contributed by atoms with Gasteiger partial charge in [-0.2, -0.15) is 0 Å². The third kappa shape index (κ3) is 2.46. The van der Waals surface area contributed by atoms with Crippen LogP contribution in [0.4, 0.5) is 18.9 Å². The highest BCUT2D eigenvalue weighted by Crippen LogP contribution is 2.42. The van der Waals surface area contributed by atoms with Crippen molar-refractivity contribution < 1.29 is 22.7 Å². The molecule has 2 unspecified atom stereocenters. The Labute approximate surface area is 114 Å². The molecule has 0 amide bonds.